The number of benzene rings is 1. The molecule has 8 nitrogen and oxygen atoms in total. The fourth-order valence-electron chi connectivity index (χ4n) is 1.55. The number of hydrogen-bond donors (Lipinski definition) is 3. The molecule has 0 atom stereocenters. The summed E-state index contributed by atoms with van der Waals surface area (Å²) in [4.78, 5) is 21.8. The van der Waals surface area contributed by atoms with E-state index in [0.717, 1.165) is 0 Å². The van der Waals surface area contributed by atoms with Gasteiger partial charge < -0.3 is 17.2 Å². The van der Waals surface area contributed by atoms with Crippen LogP contribution in [0.25, 0.3) is 0 Å². The number of nitrogens with two attached hydrogens (primary N) is 3. The molecule has 0 saturated heterocycles. The molecule has 9 heteroatoms. The third-order valence-corrected chi connectivity index (χ3v) is 4.17. The number of nitrogens with zero attached hydrogens (tertiary/aromatic N) is 1. The molecular weight excluding hydrogens is 284 g/mol. The van der Waals surface area contributed by atoms with Crippen molar-refractivity contribution in [2.24, 2.45) is 11.5 Å². The first kappa shape index (κ1) is 15.9. The number of sulfonamides is 1. The molecule has 0 spiro atoms. The Morgan fingerprint density at radius 2 is 1.55 bits per heavy atom. The van der Waals surface area contributed by atoms with Crippen LogP contribution in [0.3, 0.4) is 0 Å². The number of primary amides is 2. The molecule has 110 valence electrons. The summed E-state index contributed by atoms with van der Waals surface area (Å²) < 4.78 is 25.0. The van der Waals surface area contributed by atoms with Crippen LogP contribution in [0.4, 0.5) is 5.69 Å². The largest absolute Gasteiger partial charge is 0.398 e. The molecule has 1 aromatic carbocycles. The van der Waals surface area contributed by atoms with Gasteiger partial charge in [-0.2, -0.15) is 4.31 Å². The van der Waals surface area contributed by atoms with E-state index in [2.05, 4.69) is 0 Å². The number of carbonyl (C=O) groups is 2. The zero-order valence-electron chi connectivity index (χ0n) is 10.7. The molecule has 0 aromatic heterocycles. The molecule has 0 fully saturated rings. The first-order chi connectivity index (χ1) is 9.22. The van der Waals surface area contributed by atoms with E-state index in [-0.39, 0.29) is 0 Å². The molecule has 0 aliphatic heterocycles. The average Bonchev–Trinajstić information content (AvgIpc) is 2.30. The Hall–Kier alpha value is -2.13. The van der Waals surface area contributed by atoms with Crippen LogP contribution in [-0.4, -0.2) is 37.6 Å². The van der Waals surface area contributed by atoms with Gasteiger partial charge in [-0.3, -0.25) is 9.59 Å². The first-order valence-corrected chi connectivity index (χ1v) is 7.21. The Balaban J connectivity index is 3.01. The van der Waals surface area contributed by atoms with Crippen molar-refractivity contribution in [3.8, 4) is 0 Å². The number of anilines is 1. The summed E-state index contributed by atoms with van der Waals surface area (Å²) >= 11 is 0. The van der Waals surface area contributed by atoms with Crippen LogP contribution < -0.4 is 17.2 Å². The topological polar surface area (TPSA) is 150 Å². The maximum atomic E-state index is 12.2. The Kier molecular flexibility index (Phi) is 5.06. The molecule has 0 heterocycles. The lowest BCUT2D eigenvalue weighted by molar-refractivity contribution is -0.120. The zero-order valence-corrected chi connectivity index (χ0v) is 11.5. The number of carbonyl (C=O) groups excluding carboxylic acids is 2. The highest BCUT2D eigenvalue weighted by atomic mass is 32.2. The number of nitrogen functional groups attached to an aromatic ring is 1. The van der Waals surface area contributed by atoms with E-state index >= 15 is 0 Å². The molecule has 0 aliphatic rings. The van der Waals surface area contributed by atoms with E-state index in [4.69, 9.17) is 17.2 Å². The van der Waals surface area contributed by atoms with Gasteiger partial charge in [0.1, 0.15) is 0 Å². The maximum Gasteiger partial charge on any atom is 0.232 e. The number of amides is 2. The Bertz CT molecular complexity index is 599. The number of hydrogen-bond acceptors (Lipinski definition) is 5. The van der Waals surface area contributed by atoms with Crippen LogP contribution in [0, 0.1) is 0 Å². The molecule has 0 radical (unpaired) electrons. The van der Waals surface area contributed by atoms with Crippen molar-refractivity contribution in [3.63, 3.8) is 0 Å². The molecule has 6 N–H and O–H groups in total. The third-order valence-electron chi connectivity index (χ3n) is 2.45. The Morgan fingerprint density at radius 3 is 2.00 bits per heavy atom. The lowest BCUT2D eigenvalue weighted by Crippen LogP contribution is -2.43. The van der Waals surface area contributed by atoms with Gasteiger partial charge in [-0.05, 0) is 11.6 Å². The Labute approximate surface area is 116 Å². The predicted octanol–water partition coefficient (Wildman–Crippen LogP) is -1.63. The van der Waals surface area contributed by atoms with Gasteiger partial charge in [0.05, 0.1) is 18.8 Å². The van der Waals surface area contributed by atoms with E-state index in [1.165, 1.54) is 0 Å². The molecule has 2 amide bonds. The van der Waals surface area contributed by atoms with E-state index in [1.54, 1.807) is 24.3 Å². The molecule has 20 heavy (non-hydrogen) atoms. The van der Waals surface area contributed by atoms with Gasteiger partial charge >= 0.3 is 0 Å². The summed E-state index contributed by atoms with van der Waals surface area (Å²) in [5.74, 6) is -2.20. The first-order valence-electron chi connectivity index (χ1n) is 5.60. The van der Waals surface area contributed by atoms with Crippen LogP contribution in [0.1, 0.15) is 5.56 Å². The monoisotopic (exact) mass is 300 g/mol. The fourth-order valence-corrected chi connectivity index (χ4v) is 3.04. The minimum Gasteiger partial charge on any atom is -0.398 e. The van der Waals surface area contributed by atoms with Gasteiger partial charge in [0.25, 0.3) is 0 Å². The van der Waals surface area contributed by atoms with Crippen molar-refractivity contribution in [1.82, 2.24) is 4.31 Å². The normalized spacial score (nSPS) is 11.4. The van der Waals surface area contributed by atoms with E-state index in [9.17, 15) is 18.0 Å². The lowest BCUT2D eigenvalue weighted by atomic mass is 10.2. The fraction of sp³-hybridized carbons (Fsp3) is 0.273. The smallest absolute Gasteiger partial charge is 0.232 e. The highest BCUT2D eigenvalue weighted by molar-refractivity contribution is 7.88. The molecule has 1 rings (SSSR count). The van der Waals surface area contributed by atoms with Gasteiger partial charge in [-0.25, -0.2) is 8.42 Å². The van der Waals surface area contributed by atoms with Crippen LogP contribution >= 0.6 is 0 Å². The van der Waals surface area contributed by atoms with Gasteiger partial charge in [0.15, 0.2) is 0 Å². The zero-order chi connectivity index (χ0) is 15.3. The summed E-state index contributed by atoms with van der Waals surface area (Å²) in [7, 11) is -3.94. The number of rotatable bonds is 7. The van der Waals surface area contributed by atoms with E-state index in [1.807, 2.05) is 0 Å². The van der Waals surface area contributed by atoms with Gasteiger partial charge in [0.2, 0.25) is 21.8 Å². The quantitative estimate of drug-likeness (QED) is 0.517. The molecule has 0 saturated carbocycles. The van der Waals surface area contributed by atoms with Crippen LogP contribution in [0.5, 0.6) is 0 Å². The molecule has 0 unspecified atom stereocenters. The second kappa shape index (κ2) is 6.35. The average molecular weight is 300 g/mol. The highest BCUT2D eigenvalue weighted by Gasteiger charge is 2.26. The standard InChI is InChI=1S/C11H16N4O4S/c12-9-4-2-1-3-8(9)7-20(18,19)15(5-10(13)16)6-11(14)17/h1-4H,5-7,12H2,(H2,13,16)(H2,14,17). The summed E-state index contributed by atoms with van der Waals surface area (Å²) in [6, 6.07) is 6.39. The summed E-state index contributed by atoms with van der Waals surface area (Å²) in [6.07, 6.45) is 0. The van der Waals surface area contributed by atoms with Crippen molar-refractivity contribution in [1.29, 1.82) is 0 Å². The molecule has 0 bridgehead atoms. The second-order valence-corrected chi connectivity index (χ2v) is 6.12. The maximum absolute atomic E-state index is 12.2. The summed E-state index contributed by atoms with van der Waals surface area (Å²) in [5.41, 5.74) is 16.3. The van der Waals surface area contributed by atoms with Crippen molar-refractivity contribution >= 4 is 27.5 Å². The third kappa shape index (κ3) is 4.52. The van der Waals surface area contributed by atoms with Gasteiger partial charge in [-0.1, -0.05) is 18.2 Å². The SMILES string of the molecule is NC(=O)CN(CC(N)=O)S(=O)(=O)Cc1ccccc1N. The van der Waals surface area contributed by atoms with Crippen LogP contribution in [-0.2, 0) is 25.4 Å². The Morgan fingerprint density at radius 1 is 1.05 bits per heavy atom. The van der Waals surface area contributed by atoms with Crippen molar-refractivity contribution in [3.05, 3.63) is 29.8 Å². The minimum atomic E-state index is -3.94. The molecular formula is C11H16N4O4S. The summed E-state index contributed by atoms with van der Waals surface area (Å²) in [5, 5.41) is 0. The van der Waals surface area contributed by atoms with Crippen LogP contribution in [0.15, 0.2) is 24.3 Å². The molecule has 1 aromatic rings. The number of para-hydroxylation sites is 1. The van der Waals surface area contributed by atoms with Crippen LogP contribution in [0.2, 0.25) is 0 Å². The van der Waals surface area contributed by atoms with Crippen molar-refractivity contribution < 1.29 is 18.0 Å². The van der Waals surface area contributed by atoms with Gasteiger partial charge in [0, 0.05) is 5.69 Å². The minimum absolute atomic E-state index is 0.300. The van der Waals surface area contributed by atoms with Gasteiger partial charge in [-0.15, -0.1) is 0 Å². The van der Waals surface area contributed by atoms with Crippen molar-refractivity contribution in [2.45, 2.75) is 5.75 Å². The van der Waals surface area contributed by atoms with E-state index < -0.39 is 40.7 Å². The highest BCUT2D eigenvalue weighted by Crippen LogP contribution is 2.16. The van der Waals surface area contributed by atoms with Crippen molar-refractivity contribution in [2.75, 3.05) is 18.8 Å². The second-order valence-electron chi connectivity index (χ2n) is 4.16. The lowest BCUT2D eigenvalue weighted by Gasteiger charge is -2.19. The predicted molar refractivity (Wildman–Crippen MR) is 73.4 cm³/mol. The summed E-state index contributed by atoms with van der Waals surface area (Å²) in [6.45, 7) is -1.23. The molecule has 0 aliphatic carbocycles. The van der Waals surface area contributed by atoms with E-state index in [0.29, 0.717) is 15.6 Å².